The van der Waals surface area contributed by atoms with E-state index in [9.17, 15) is 4.79 Å². The second-order valence-corrected chi connectivity index (χ2v) is 9.77. The lowest BCUT2D eigenvalue weighted by Crippen LogP contribution is -2.30. The van der Waals surface area contributed by atoms with Gasteiger partial charge in [0.1, 0.15) is 4.91 Å². The average Bonchev–Trinajstić information content (AvgIpc) is 3.30. The van der Waals surface area contributed by atoms with Gasteiger partial charge in [-0.3, -0.25) is 9.69 Å². The summed E-state index contributed by atoms with van der Waals surface area (Å²) in [6.07, 6.45) is 1.99. The van der Waals surface area contributed by atoms with Gasteiger partial charge in [0.2, 0.25) is 0 Å². The van der Waals surface area contributed by atoms with Crippen molar-refractivity contribution in [3.63, 3.8) is 0 Å². The maximum atomic E-state index is 13.4. The van der Waals surface area contributed by atoms with E-state index < -0.39 is 0 Å². The zero-order valence-corrected chi connectivity index (χ0v) is 20.8. The first-order chi connectivity index (χ1) is 15.6. The number of carbonyl (C=O) groups excluding carboxylic acids is 1. The van der Waals surface area contributed by atoms with Crippen LogP contribution in [-0.2, 0) is 4.79 Å². The monoisotopic (exact) mass is 466 g/mol. The second-order valence-electron chi connectivity index (χ2n) is 7.76. The maximum Gasteiger partial charge on any atom is 0.269 e. The van der Waals surface area contributed by atoms with Crippen molar-refractivity contribution in [1.82, 2.24) is 4.90 Å². The minimum atomic E-state index is 0.0594. The van der Waals surface area contributed by atoms with E-state index in [0.29, 0.717) is 6.54 Å². The SMILES string of the molecule is CCCCN1C(=O)/C(=C2\Sc3ccccc3N2C)SC1=Nc1ccc(N(CC)CC)cc1. The molecular formula is C25H30N4OS2. The van der Waals surface area contributed by atoms with Gasteiger partial charge in [-0.15, -0.1) is 0 Å². The van der Waals surface area contributed by atoms with Crippen molar-refractivity contribution in [2.75, 3.05) is 36.5 Å². The van der Waals surface area contributed by atoms with E-state index in [0.717, 1.165) is 52.4 Å². The van der Waals surface area contributed by atoms with Crippen LogP contribution in [-0.4, -0.2) is 42.7 Å². The molecule has 0 atom stereocenters. The molecule has 1 saturated heterocycles. The van der Waals surface area contributed by atoms with Gasteiger partial charge in [0.25, 0.3) is 5.91 Å². The molecule has 1 fully saturated rings. The number of hydrogen-bond donors (Lipinski definition) is 0. The summed E-state index contributed by atoms with van der Waals surface area (Å²) in [5.41, 5.74) is 3.21. The third-order valence-corrected chi connectivity index (χ3v) is 8.17. The van der Waals surface area contributed by atoms with Crippen molar-refractivity contribution in [2.45, 2.75) is 38.5 Å². The normalized spacial score (nSPS) is 19.2. The Labute approximate surface area is 199 Å². The standard InChI is InChI=1S/C25H30N4OS2/c1-5-8-17-29-23(30)22(24-27(4)20-11-9-10-12-21(20)31-24)32-25(29)26-18-13-15-19(16-14-18)28(6-2)7-3/h9-16H,5-8,17H2,1-4H3/b24-22+,26-25?. The number of nitrogens with zero attached hydrogens (tertiary/aromatic N) is 4. The Balaban J connectivity index is 1.65. The number of amidine groups is 1. The van der Waals surface area contributed by atoms with Gasteiger partial charge >= 0.3 is 0 Å². The molecule has 0 spiro atoms. The fraction of sp³-hybridized carbons (Fsp3) is 0.360. The van der Waals surface area contributed by atoms with Crippen LogP contribution in [0.2, 0.25) is 0 Å². The zero-order valence-electron chi connectivity index (χ0n) is 19.2. The van der Waals surface area contributed by atoms with Gasteiger partial charge in [-0.05, 0) is 68.4 Å². The van der Waals surface area contributed by atoms with Crippen LogP contribution in [0.3, 0.4) is 0 Å². The van der Waals surface area contributed by atoms with Crippen LogP contribution in [0.25, 0.3) is 0 Å². The van der Waals surface area contributed by atoms with Crippen molar-refractivity contribution < 1.29 is 4.79 Å². The number of unbranched alkanes of at least 4 members (excludes halogenated alkanes) is 1. The lowest BCUT2D eigenvalue weighted by atomic mass is 10.2. The summed E-state index contributed by atoms with van der Waals surface area (Å²) in [6, 6.07) is 16.6. The molecule has 7 heteroatoms. The zero-order chi connectivity index (χ0) is 22.7. The molecule has 2 aliphatic heterocycles. The van der Waals surface area contributed by atoms with E-state index in [1.807, 2.05) is 36.2 Å². The molecule has 1 amide bonds. The van der Waals surface area contributed by atoms with Crippen molar-refractivity contribution >= 4 is 51.7 Å². The third-order valence-electron chi connectivity index (χ3n) is 5.73. The summed E-state index contributed by atoms with van der Waals surface area (Å²) in [5, 5.41) is 1.76. The third kappa shape index (κ3) is 4.41. The van der Waals surface area contributed by atoms with Crippen LogP contribution in [0.15, 0.2) is 68.4 Å². The highest BCUT2D eigenvalue weighted by Gasteiger charge is 2.38. The Hall–Kier alpha value is -2.38. The van der Waals surface area contributed by atoms with Gasteiger partial charge in [-0.2, -0.15) is 0 Å². The van der Waals surface area contributed by atoms with Gasteiger partial charge < -0.3 is 9.80 Å². The van der Waals surface area contributed by atoms with E-state index >= 15 is 0 Å². The Morgan fingerprint density at radius 3 is 2.34 bits per heavy atom. The minimum Gasteiger partial charge on any atom is -0.372 e. The van der Waals surface area contributed by atoms with Gasteiger partial charge in [0.05, 0.1) is 16.4 Å². The molecule has 2 heterocycles. The highest BCUT2D eigenvalue weighted by molar-refractivity contribution is 8.19. The summed E-state index contributed by atoms with van der Waals surface area (Å²) in [6.45, 7) is 9.11. The predicted molar refractivity (Wildman–Crippen MR) is 139 cm³/mol. The largest absolute Gasteiger partial charge is 0.372 e. The quantitative estimate of drug-likeness (QED) is 0.447. The van der Waals surface area contributed by atoms with Crippen molar-refractivity contribution in [3.8, 4) is 0 Å². The van der Waals surface area contributed by atoms with Crippen molar-refractivity contribution in [3.05, 3.63) is 58.5 Å². The molecule has 2 aromatic rings. The number of thioether (sulfide) groups is 2. The molecule has 0 aromatic heterocycles. The van der Waals surface area contributed by atoms with Gasteiger partial charge in [0, 0.05) is 37.3 Å². The van der Waals surface area contributed by atoms with E-state index in [2.05, 4.69) is 54.8 Å². The average molecular weight is 467 g/mol. The highest BCUT2D eigenvalue weighted by atomic mass is 32.2. The number of benzene rings is 2. The van der Waals surface area contributed by atoms with Gasteiger partial charge in [-0.1, -0.05) is 37.2 Å². The number of aliphatic imine (C=N–C) groups is 1. The predicted octanol–water partition coefficient (Wildman–Crippen LogP) is 6.31. The first kappa shape index (κ1) is 22.8. The van der Waals surface area contributed by atoms with E-state index in [4.69, 9.17) is 4.99 Å². The molecular weight excluding hydrogens is 436 g/mol. The van der Waals surface area contributed by atoms with Crippen LogP contribution < -0.4 is 9.80 Å². The first-order valence-corrected chi connectivity index (χ1v) is 12.9. The summed E-state index contributed by atoms with van der Waals surface area (Å²) >= 11 is 3.16. The number of anilines is 2. The summed E-state index contributed by atoms with van der Waals surface area (Å²) in [5.74, 6) is 0.0594. The smallest absolute Gasteiger partial charge is 0.269 e. The summed E-state index contributed by atoms with van der Waals surface area (Å²) in [7, 11) is 2.03. The van der Waals surface area contributed by atoms with Crippen LogP contribution >= 0.6 is 23.5 Å². The molecule has 168 valence electrons. The molecule has 32 heavy (non-hydrogen) atoms. The van der Waals surface area contributed by atoms with Crippen molar-refractivity contribution in [2.24, 2.45) is 4.99 Å². The molecule has 0 N–H and O–H groups in total. The number of fused-ring (bicyclic) bond motifs is 1. The van der Waals surface area contributed by atoms with E-state index in [-0.39, 0.29) is 5.91 Å². The summed E-state index contributed by atoms with van der Waals surface area (Å²) < 4.78 is 0. The Bertz CT molecular complexity index is 1040. The first-order valence-electron chi connectivity index (χ1n) is 11.3. The second kappa shape index (κ2) is 10.0. The number of para-hydroxylation sites is 1. The summed E-state index contributed by atoms with van der Waals surface area (Å²) in [4.78, 5) is 26.6. The van der Waals surface area contributed by atoms with Gasteiger partial charge in [-0.25, -0.2) is 4.99 Å². The molecule has 0 bridgehead atoms. The fourth-order valence-corrected chi connectivity index (χ4v) is 6.24. The molecule has 0 radical (unpaired) electrons. The fourth-order valence-electron chi connectivity index (χ4n) is 3.87. The van der Waals surface area contributed by atoms with Crippen LogP contribution in [0, 0.1) is 0 Å². The molecule has 4 rings (SSSR count). The van der Waals surface area contributed by atoms with Crippen molar-refractivity contribution in [1.29, 1.82) is 0 Å². The number of amides is 1. The van der Waals surface area contributed by atoms with Crippen LogP contribution in [0.5, 0.6) is 0 Å². The topological polar surface area (TPSA) is 39.2 Å². The minimum absolute atomic E-state index is 0.0594. The number of hydrogen-bond acceptors (Lipinski definition) is 6. The highest BCUT2D eigenvalue weighted by Crippen LogP contribution is 2.50. The number of rotatable bonds is 7. The van der Waals surface area contributed by atoms with E-state index in [1.54, 1.807) is 11.8 Å². The molecule has 0 unspecified atom stereocenters. The Morgan fingerprint density at radius 1 is 0.969 bits per heavy atom. The molecule has 0 aliphatic carbocycles. The molecule has 2 aliphatic rings. The molecule has 0 saturated carbocycles. The van der Waals surface area contributed by atoms with E-state index in [1.165, 1.54) is 22.3 Å². The Kier molecular flexibility index (Phi) is 7.16. The maximum absolute atomic E-state index is 13.4. The molecule has 5 nitrogen and oxygen atoms in total. The molecule has 2 aromatic carbocycles. The van der Waals surface area contributed by atoms with Crippen LogP contribution in [0.4, 0.5) is 17.1 Å². The van der Waals surface area contributed by atoms with Gasteiger partial charge in [0.15, 0.2) is 5.17 Å². The van der Waals surface area contributed by atoms with Crippen LogP contribution in [0.1, 0.15) is 33.6 Å². The lowest BCUT2D eigenvalue weighted by molar-refractivity contribution is -0.122. The lowest BCUT2D eigenvalue weighted by Gasteiger charge is -2.21. The number of carbonyl (C=O) groups is 1. The Morgan fingerprint density at radius 2 is 1.69 bits per heavy atom.